The Morgan fingerprint density at radius 3 is 2.29 bits per heavy atom. The van der Waals surface area contributed by atoms with Gasteiger partial charge in [-0.2, -0.15) is 5.10 Å². The van der Waals surface area contributed by atoms with E-state index in [0.717, 1.165) is 34.0 Å². The maximum Gasteiger partial charge on any atom is 0.0846 e. The maximum atomic E-state index is 6.55. The van der Waals surface area contributed by atoms with Crippen LogP contribution in [0.2, 0.25) is 5.02 Å². The molecule has 1 atom stereocenters. The van der Waals surface area contributed by atoms with E-state index < -0.39 is 0 Å². The first-order valence-electron chi connectivity index (χ1n) is 9.45. The van der Waals surface area contributed by atoms with E-state index in [0.29, 0.717) is 0 Å². The minimum atomic E-state index is 0.0811. The second kappa shape index (κ2) is 7.14. The Morgan fingerprint density at radius 1 is 0.750 bits per heavy atom. The standard InChI is InChI=1S/C25H19ClN2/c26-23-13-7-6-12-22(23)25-17-24(27-28(25)21-10-2-1-3-11-21)20-15-14-18-8-4-5-9-19(18)16-20/h1-16,25H,17H2. The quantitative estimate of drug-likeness (QED) is 0.378. The number of halogens is 1. The largest absolute Gasteiger partial charge is 0.257 e. The van der Waals surface area contributed by atoms with Crippen LogP contribution in [0, 0.1) is 0 Å². The topological polar surface area (TPSA) is 15.6 Å². The molecular formula is C25H19ClN2. The van der Waals surface area contributed by atoms with Crippen LogP contribution in [0.1, 0.15) is 23.6 Å². The molecule has 0 fully saturated rings. The molecule has 0 N–H and O–H groups in total. The molecule has 1 heterocycles. The van der Waals surface area contributed by atoms with Crippen molar-refractivity contribution in [2.45, 2.75) is 12.5 Å². The van der Waals surface area contributed by atoms with E-state index in [4.69, 9.17) is 16.7 Å². The van der Waals surface area contributed by atoms with Crippen molar-refractivity contribution in [2.75, 3.05) is 5.01 Å². The molecule has 0 saturated carbocycles. The van der Waals surface area contributed by atoms with Crippen LogP contribution in [0.25, 0.3) is 10.8 Å². The molecule has 0 aliphatic carbocycles. The Hall–Kier alpha value is -3.10. The molecule has 4 aromatic carbocycles. The van der Waals surface area contributed by atoms with Gasteiger partial charge in [0.1, 0.15) is 0 Å². The Labute approximate surface area is 169 Å². The van der Waals surface area contributed by atoms with Gasteiger partial charge in [-0.05, 0) is 46.2 Å². The monoisotopic (exact) mass is 382 g/mol. The molecule has 3 heteroatoms. The summed E-state index contributed by atoms with van der Waals surface area (Å²) in [6.45, 7) is 0. The van der Waals surface area contributed by atoms with Crippen molar-refractivity contribution < 1.29 is 0 Å². The lowest BCUT2D eigenvalue weighted by atomic mass is 9.96. The zero-order valence-electron chi connectivity index (χ0n) is 15.3. The molecular weight excluding hydrogens is 364 g/mol. The van der Waals surface area contributed by atoms with Gasteiger partial charge in [0, 0.05) is 11.4 Å². The highest BCUT2D eigenvalue weighted by atomic mass is 35.5. The van der Waals surface area contributed by atoms with Gasteiger partial charge in [-0.3, -0.25) is 5.01 Å². The molecule has 5 rings (SSSR count). The number of nitrogens with zero attached hydrogens (tertiary/aromatic N) is 2. The molecule has 0 saturated heterocycles. The zero-order chi connectivity index (χ0) is 18.9. The average molecular weight is 383 g/mol. The number of para-hydroxylation sites is 1. The molecule has 1 aliphatic heterocycles. The summed E-state index contributed by atoms with van der Waals surface area (Å²) < 4.78 is 0. The first-order chi connectivity index (χ1) is 13.8. The average Bonchev–Trinajstić information content (AvgIpc) is 3.19. The first-order valence-corrected chi connectivity index (χ1v) is 9.83. The predicted octanol–water partition coefficient (Wildman–Crippen LogP) is 6.85. The van der Waals surface area contributed by atoms with Crippen LogP contribution in [0.3, 0.4) is 0 Å². The van der Waals surface area contributed by atoms with Crippen molar-refractivity contribution in [1.82, 2.24) is 0 Å². The summed E-state index contributed by atoms with van der Waals surface area (Å²) in [7, 11) is 0. The number of hydrazone groups is 1. The summed E-state index contributed by atoms with van der Waals surface area (Å²) in [6, 6.07) is 33.4. The van der Waals surface area contributed by atoms with E-state index in [-0.39, 0.29) is 6.04 Å². The van der Waals surface area contributed by atoms with E-state index in [2.05, 4.69) is 65.7 Å². The Balaban J connectivity index is 1.60. The van der Waals surface area contributed by atoms with Gasteiger partial charge in [-0.25, -0.2) is 0 Å². The fourth-order valence-corrected chi connectivity index (χ4v) is 4.12. The summed E-state index contributed by atoms with van der Waals surface area (Å²) in [6.07, 6.45) is 0.816. The predicted molar refractivity (Wildman–Crippen MR) is 118 cm³/mol. The van der Waals surface area contributed by atoms with Gasteiger partial charge in [-0.15, -0.1) is 0 Å². The molecule has 4 aromatic rings. The Kier molecular flexibility index (Phi) is 4.34. The van der Waals surface area contributed by atoms with Crippen molar-refractivity contribution in [3.8, 4) is 0 Å². The fourth-order valence-electron chi connectivity index (χ4n) is 3.86. The van der Waals surface area contributed by atoms with E-state index in [1.165, 1.54) is 10.8 Å². The highest BCUT2D eigenvalue weighted by molar-refractivity contribution is 6.31. The van der Waals surface area contributed by atoms with Crippen LogP contribution < -0.4 is 5.01 Å². The number of fused-ring (bicyclic) bond motifs is 1. The highest BCUT2D eigenvalue weighted by Gasteiger charge is 2.31. The van der Waals surface area contributed by atoms with Gasteiger partial charge in [0.25, 0.3) is 0 Å². The van der Waals surface area contributed by atoms with Crippen molar-refractivity contribution in [2.24, 2.45) is 5.10 Å². The summed E-state index contributed by atoms with van der Waals surface area (Å²) in [5.41, 5.74) is 4.42. The second-order valence-electron chi connectivity index (χ2n) is 7.03. The van der Waals surface area contributed by atoms with Gasteiger partial charge < -0.3 is 0 Å². The first kappa shape index (κ1) is 17.0. The lowest BCUT2D eigenvalue weighted by Crippen LogP contribution is -2.18. The number of benzene rings is 4. The van der Waals surface area contributed by atoms with Crippen LogP contribution in [0.5, 0.6) is 0 Å². The molecule has 0 aromatic heterocycles. The van der Waals surface area contributed by atoms with Crippen molar-refractivity contribution in [1.29, 1.82) is 0 Å². The fraction of sp³-hybridized carbons (Fsp3) is 0.0800. The third kappa shape index (κ3) is 3.06. The lowest BCUT2D eigenvalue weighted by Gasteiger charge is -2.24. The third-order valence-electron chi connectivity index (χ3n) is 5.28. The molecule has 136 valence electrons. The van der Waals surface area contributed by atoms with Gasteiger partial charge >= 0.3 is 0 Å². The number of hydrogen-bond donors (Lipinski definition) is 0. The van der Waals surface area contributed by atoms with E-state index >= 15 is 0 Å². The molecule has 2 nitrogen and oxygen atoms in total. The zero-order valence-corrected chi connectivity index (χ0v) is 16.1. The smallest absolute Gasteiger partial charge is 0.0846 e. The summed E-state index contributed by atoms with van der Waals surface area (Å²) in [5.74, 6) is 0. The summed E-state index contributed by atoms with van der Waals surface area (Å²) in [4.78, 5) is 0. The van der Waals surface area contributed by atoms with Gasteiger partial charge in [-0.1, -0.05) is 84.4 Å². The van der Waals surface area contributed by atoms with Crippen molar-refractivity contribution in [3.05, 3.63) is 113 Å². The Morgan fingerprint density at radius 2 is 1.46 bits per heavy atom. The molecule has 0 bridgehead atoms. The van der Waals surface area contributed by atoms with Gasteiger partial charge in [0.05, 0.1) is 17.4 Å². The third-order valence-corrected chi connectivity index (χ3v) is 5.62. The molecule has 0 radical (unpaired) electrons. The lowest BCUT2D eigenvalue weighted by molar-refractivity contribution is 0.709. The van der Waals surface area contributed by atoms with Crippen molar-refractivity contribution >= 4 is 33.8 Å². The van der Waals surface area contributed by atoms with Crippen molar-refractivity contribution in [3.63, 3.8) is 0 Å². The number of anilines is 1. The van der Waals surface area contributed by atoms with Crippen LogP contribution in [0.4, 0.5) is 5.69 Å². The molecule has 0 amide bonds. The van der Waals surface area contributed by atoms with Crippen LogP contribution in [-0.4, -0.2) is 5.71 Å². The van der Waals surface area contributed by atoms with Gasteiger partial charge in [0.2, 0.25) is 0 Å². The van der Waals surface area contributed by atoms with Crippen LogP contribution in [-0.2, 0) is 0 Å². The van der Waals surface area contributed by atoms with E-state index in [1.54, 1.807) is 0 Å². The number of hydrogen-bond acceptors (Lipinski definition) is 2. The number of rotatable bonds is 3. The summed E-state index contributed by atoms with van der Waals surface area (Å²) >= 11 is 6.55. The maximum absolute atomic E-state index is 6.55. The van der Waals surface area contributed by atoms with Crippen LogP contribution in [0.15, 0.2) is 102 Å². The molecule has 1 aliphatic rings. The minimum absolute atomic E-state index is 0.0811. The minimum Gasteiger partial charge on any atom is -0.257 e. The molecule has 28 heavy (non-hydrogen) atoms. The molecule has 0 spiro atoms. The van der Waals surface area contributed by atoms with E-state index in [1.807, 2.05) is 36.4 Å². The normalized spacial score (nSPS) is 16.4. The SMILES string of the molecule is Clc1ccccc1C1CC(c2ccc3ccccc3c2)=NN1c1ccccc1. The van der Waals surface area contributed by atoms with E-state index in [9.17, 15) is 0 Å². The van der Waals surface area contributed by atoms with Gasteiger partial charge in [0.15, 0.2) is 0 Å². The molecule has 1 unspecified atom stereocenters. The Bertz CT molecular complexity index is 1170. The summed E-state index contributed by atoms with van der Waals surface area (Å²) in [5, 5.41) is 10.4. The van der Waals surface area contributed by atoms with Crippen LogP contribution >= 0.6 is 11.6 Å². The second-order valence-corrected chi connectivity index (χ2v) is 7.44. The highest BCUT2D eigenvalue weighted by Crippen LogP contribution is 2.39.